The number of nitrogens with zero attached hydrogens (tertiary/aromatic N) is 2. The maximum Gasteiger partial charge on any atom is 0.325 e. The minimum atomic E-state index is -1.47. The van der Waals surface area contributed by atoms with Crippen molar-refractivity contribution in [1.82, 2.24) is 10.2 Å². The highest BCUT2D eigenvalue weighted by molar-refractivity contribution is 6.11. The number of urea groups is 1. The van der Waals surface area contributed by atoms with Crippen molar-refractivity contribution in [3.05, 3.63) is 74.8 Å². The molecule has 1 aliphatic heterocycles. The van der Waals surface area contributed by atoms with Gasteiger partial charge >= 0.3 is 6.03 Å². The first-order valence-corrected chi connectivity index (χ1v) is 9.83. The fraction of sp³-hybridized carbons (Fsp3) is 0.318. The summed E-state index contributed by atoms with van der Waals surface area (Å²) in [5.41, 5.74) is 1.49. The molecule has 1 unspecified atom stereocenters. The Morgan fingerprint density at radius 2 is 1.87 bits per heavy atom. The van der Waals surface area contributed by atoms with E-state index >= 15 is 0 Å². The molecular weight excluding hydrogens is 386 g/mol. The average molecular weight is 407 g/mol. The highest BCUT2D eigenvalue weighted by Gasteiger charge is 2.49. The fourth-order valence-corrected chi connectivity index (χ4v) is 4.11. The molecule has 0 spiro atoms. The van der Waals surface area contributed by atoms with Gasteiger partial charge in [-0.15, -0.1) is 0 Å². The Labute approximate surface area is 173 Å². The molecular formula is C22H21N3O5. The zero-order chi connectivity index (χ0) is 21.5. The van der Waals surface area contributed by atoms with Crippen LogP contribution in [0.25, 0.3) is 0 Å². The number of amides is 3. The van der Waals surface area contributed by atoms with E-state index in [-0.39, 0.29) is 18.0 Å². The van der Waals surface area contributed by atoms with Crippen molar-refractivity contribution in [3.63, 3.8) is 0 Å². The molecule has 8 heteroatoms. The van der Waals surface area contributed by atoms with Crippen LogP contribution in [-0.2, 0) is 23.2 Å². The highest BCUT2D eigenvalue weighted by atomic mass is 16.6. The van der Waals surface area contributed by atoms with Crippen LogP contribution in [0.2, 0.25) is 0 Å². The summed E-state index contributed by atoms with van der Waals surface area (Å²) in [6.07, 6.45) is 4.14. The fourth-order valence-electron chi connectivity index (χ4n) is 4.11. The normalized spacial score (nSPS) is 20.6. The Balaban J connectivity index is 1.56. The van der Waals surface area contributed by atoms with Crippen molar-refractivity contribution in [1.29, 1.82) is 0 Å². The lowest BCUT2D eigenvalue weighted by molar-refractivity contribution is -0.385. The minimum absolute atomic E-state index is 0.181. The van der Waals surface area contributed by atoms with Crippen LogP contribution in [0.5, 0.6) is 0 Å². The highest BCUT2D eigenvalue weighted by Crippen LogP contribution is 2.31. The van der Waals surface area contributed by atoms with Gasteiger partial charge in [-0.2, -0.15) is 0 Å². The third-order valence-electron chi connectivity index (χ3n) is 5.88. The maximum atomic E-state index is 13.0. The molecule has 0 bridgehead atoms. The van der Waals surface area contributed by atoms with Crippen LogP contribution >= 0.6 is 0 Å². The SMILES string of the molecule is CC1(c2cccc([N+](=O)[O-])c2)NC(=O)N(CC(=O)c2ccc3c(c2)CCCC3)C1=O. The van der Waals surface area contributed by atoms with Gasteiger partial charge in [0.25, 0.3) is 11.6 Å². The van der Waals surface area contributed by atoms with Crippen molar-refractivity contribution >= 4 is 23.4 Å². The third kappa shape index (κ3) is 3.34. The van der Waals surface area contributed by atoms with Crippen LogP contribution in [0.3, 0.4) is 0 Å². The van der Waals surface area contributed by atoms with Crippen molar-refractivity contribution in [3.8, 4) is 0 Å². The molecule has 154 valence electrons. The van der Waals surface area contributed by atoms with Gasteiger partial charge in [-0.05, 0) is 55.4 Å². The second-order valence-corrected chi connectivity index (χ2v) is 7.87. The zero-order valence-corrected chi connectivity index (χ0v) is 16.5. The maximum absolute atomic E-state index is 13.0. The summed E-state index contributed by atoms with van der Waals surface area (Å²) in [5.74, 6) is -0.936. The molecule has 30 heavy (non-hydrogen) atoms. The number of ketones is 1. The predicted molar refractivity (Wildman–Crippen MR) is 108 cm³/mol. The smallest absolute Gasteiger partial charge is 0.319 e. The largest absolute Gasteiger partial charge is 0.325 e. The van der Waals surface area contributed by atoms with Crippen LogP contribution in [-0.4, -0.2) is 34.1 Å². The van der Waals surface area contributed by atoms with E-state index < -0.39 is 22.4 Å². The quantitative estimate of drug-likeness (QED) is 0.354. The van der Waals surface area contributed by atoms with Crippen molar-refractivity contribution in [2.24, 2.45) is 0 Å². The van der Waals surface area contributed by atoms with Crippen molar-refractivity contribution in [2.45, 2.75) is 38.1 Å². The average Bonchev–Trinajstić information content (AvgIpc) is 2.97. The Bertz CT molecular complexity index is 1080. The summed E-state index contributed by atoms with van der Waals surface area (Å²) >= 11 is 0. The number of rotatable bonds is 5. The summed E-state index contributed by atoms with van der Waals surface area (Å²) in [5, 5.41) is 13.6. The van der Waals surface area contributed by atoms with Gasteiger partial charge in [0.15, 0.2) is 5.78 Å². The molecule has 3 amide bonds. The van der Waals surface area contributed by atoms with Crippen LogP contribution in [0.1, 0.15) is 46.8 Å². The first-order chi connectivity index (χ1) is 14.3. The number of fused-ring (bicyclic) bond motifs is 1. The van der Waals surface area contributed by atoms with E-state index in [0.29, 0.717) is 11.1 Å². The van der Waals surface area contributed by atoms with Crippen LogP contribution in [0, 0.1) is 10.1 Å². The van der Waals surface area contributed by atoms with Crippen molar-refractivity contribution < 1.29 is 19.3 Å². The lowest BCUT2D eigenvalue weighted by atomic mass is 9.89. The van der Waals surface area contributed by atoms with E-state index in [4.69, 9.17) is 0 Å². The number of nitro benzene ring substituents is 1. The molecule has 1 fully saturated rings. The Kier molecular flexibility index (Phi) is 4.85. The third-order valence-corrected chi connectivity index (χ3v) is 5.88. The number of aryl methyl sites for hydroxylation is 2. The van der Waals surface area contributed by atoms with Crippen LogP contribution < -0.4 is 5.32 Å². The van der Waals surface area contributed by atoms with E-state index in [1.807, 2.05) is 12.1 Å². The van der Waals surface area contributed by atoms with E-state index in [1.165, 1.54) is 30.7 Å². The molecule has 2 aliphatic rings. The molecule has 4 rings (SSSR count). The van der Waals surface area contributed by atoms with Gasteiger partial charge in [0.1, 0.15) is 5.54 Å². The minimum Gasteiger partial charge on any atom is -0.319 e. The number of nitro groups is 1. The van der Waals surface area contributed by atoms with E-state index in [2.05, 4.69) is 5.32 Å². The topological polar surface area (TPSA) is 110 Å². The second kappa shape index (κ2) is 7.37. The monoisotopic (exact) mass is 407 g/mol. The van der Waals surface area contributed by atoms with Gasteiger partial charge in [-0.25, -0.2) is 4.79 Å². The number of carbonyl (C=O) groups is 3. The number of hydrogen-bond donors (Lipinski definition) is 1. The molecule has 1 heterocycles. The Morgan fingerprint density at radius 1 is 1.13 bits per heavy atom. The van der Waals surface area contributed by atoms with Crippen molar-refractivity contribution in [2.75, 3.05) is 6.54 Å². The number of imide groups is 1. The van der Waals surface area contributed by atoms with Gasteiger partial charge in [0.2, 0.25) is 0 Å². The van der Waals surface area contributed by atoms with E-state index in [0.717, 1.165) is 36.1 Å². The molecule has 0 radical (unpaired) electrons. The van der Waals surface area contributed by atoms with Crippen LogP contribution in [0.15, 0.2) is 42.5 Å². The van der Waals surface area contributed by atoms with Gasteiger partial charge in [-0.3, -0.25) is 24.6 Å². The number of hydrogen-bond acceptors (Lipinski definition) is 5. The number of carbonyl (C=O) groups excluding carboxylic acids is 3. The predicted octanol–water partition coefficient (Wildman–Crippen LogP) is 3.12. The first-order valence-electron chi connectivity index (χ1n) is 9.83. The lowest BCUT2D eigenvalue weighted by Gasteiger charge is -2.22. The molecule has 2 aromatic rings. The number of nitrogens with one attached hydrogen (secondary N) is 1. The van der Waals surface area contributed by atoms with Gasteiger partial charge in [0.05, 0.1) is 11.5 Å². The Hall–Kier alpha value is -3.55. The zero-order valence-electron chi connectivity index (χ0n) is 16.5. The molecule has 1 saturated heterocycles. The molecule has 1 atom stereocenters. The summed E-state index contributed by atoms with van der Waals surface area (Å²) < 4.78 is 0. The molecule has 0 saturated carbocycles. The van der Waals surface area contributed by atoms with Crippen LogP contribution in [0.4, 0.5) is 10.5 Å². The van der Waals surface area contributed by atoms with E-state index in [9.17, 15) is 24.5 Å². The summed E-state index contributed by atoms with van der Waals surface area (Å²) in [6.45, 7) is 1.10. The Morgan fingerprint density at radius 3 is 2.60 bits per heavy atom. The number of benzene rings is 2. The number of Topliss-reactive ketones (excluding diaryl/α,β-unsaturated/α-hetero) is 1. The second-order valence-electron chi connectivity index (χ2n) is 7.87. The van der Waals surface area contributed by atoms with E-state index in [1.54, 1.807) is 12.1 Å². The first kappa shape index (κ1) is 19.8. The molecule has 1 aliphatic carbocycles. The van der Waals surface area contributed by atoms with Gasteiger partial charge < -0.3 is 5.32 Å². The molecule has 0 aromatic heterocycles. The molecule has 2 aromatic carbocycles. The summed E-state index contributed by atoms with van der Waals surface area (Å²) in [6, 6.07) is 10.4. The standard InChI is InChI=1S/C22H21N3O5/c1-22(17-7-4-8-18(12-17)25(29)30)20(27)24(21(28)23-22)13-19(26)16-10-9-14-5-2-3-6-15(14)11-16/h4,7-12H,2-3,5-6,13H2,1H3,(H,23,28). The lowest BCUT2D eigenvalue weighted by Crippen LogP contribution is -2.41. The van der Waals surface area contributed by atoms with Gasteiger partial charge in [0, 0.05) is 17.7 Å². The summed E-state index contributed by atoms with van der Waals surface area (Å²) in [7, 11) is 0. The summed E-state index contributed by atoms with van der Waals surface area (Å²) in [4.78, 5) is 49.7. The molecule has 8 nitrogen and oxygen atoms in total. The van der Waals surface area contributed by atoms with Gasteiger partial charge in [-0.1, -0.05) is 24.3 Å². The molecule has 1 N–H and O–H groups in total. The number of non-ortho nitro benzene ring substituents is 1.